The minimum absolute atomic E-state index is 0.0517. The molecule has 7 heteroatoms. The predicted molar refractivity (Wildman–Crippen MR) is 99.5 cm³/mol. The predicted octanol–water partition coefficient (Wildman–Crippen LogP) is 2.41. The van der Waals surface area contributed by atoms with Gasteiger partial charge in [-0.2, -0.15) is 15.4 Å². The summed E-state index contributed by atoms with van der Waals surface area (Å²) in [5.74, 6) is 0.524. The highest BCUT2D eigenvalue weighted by Gasteiger charge is 2.28. The van der Waals surface area contributed by atoms with E-state index in [0.717, 1.165) is 31.2 Å². The minimum atomic E-state index is -0.101. The van der Waals surface area contributed by atoms with Gasteiger partial charge in [0.25, 0.3) is 5.91 Å². The summed E-state index contributed by atoms with van der Waals surface area (Å²) in [6.45, 7) is 6.25. The highest BCUT2D eigenvalue weighted by Crippen LogP contribution is 2.25. The van der Waals surface area contributed by atoms with Crippen molar-refractivity contribution in [2.24, 2.45) is 11.8 Å². The Balaban J connectivity index is 1.50. The molecule has 1 heterocycles. The van der Waals surface area contributed by atoms with Crippen LogP contribution in [0.2, 0.25) is 0 Å². The molecule has 0 spiro atoms. The van der Waals surface area contributed by atoms with Crippen LogP contribution in [0.4, 0.5) is 0 Å². The number of carbonyl (C=O) groups is 2. The molecule has 3 N–H and O–H groups in total. The monoisotopic (exact) mass is 357 g/mol. The van der Waals surface area contributed by atoms with Crippen LogP contribution in [0.15, 0.2) is 18.2 Å². The van der Waals surface area contributed by atoms with Crippen LogP contribution in [0.25, 0.3) is 11.0 Å². The molecule has 1 aliphatic rings. The Hall–Kier alpha value is -2.44. The zero-order valence-corrected chi connectivity index (χ0v) is 15.6. The molecular formula is C19H27N5O2. The maximum atomic E-state index is 12.5. The number of benzene rings is 1. The minimum Gasteiger partial charge on any atom is -0.353 e. The molecule has 3 rings (SSSR count). The normalized spacial score (nSPS) is 21.5. The summed E-state index contributed by atoms with van der Waals surface area (Å²) in [6, 6.07) is 5.58. The molecular weight excluding hydrogens is 330 g/mol. The van der Waals surface area contributed by atoms with Crippen molar-refractivity contribution < 1.29 is 9.59 Å². The van der Waals surface area contributed by atoms with Gasteiger partial charge in [-0.05, 0) is 56.7 Å². The molecule has 0 saturated heterocycles. The lowest BCUT2D eigenvalue weighted by molar-refractivity contribution is -0.126. The number of H-pyrrole nitrogens is 1. The van der Waals surface area contributed by atoms with Crippen molar-refractivity contribution in [2.75, 3.05) is 0 Å². The van der Waals surface area contributed by atoms with E-state index < -0.39 is 0 Å². The molecule has 0 bridgehead atoms. The van der Waals surface area contributed by atoms with E-state index in [0.29, 0.717) is 17.0 Å². The van der Waals surface area contributed by atoms with Gasteiger partial charge in [0, 0.05) is 23.6 Å². The first-order chi connectivity index (χ1) is 12.4. The van der Waals surface area contributed by atoms with Crippen molar-refractivity contribution in [2.45, 2.75) is 58.5 Å². The van der Waals surface area contributed by atoms with Crippen LogP contribution in [0.1, 0.15) is 56.8 Å². The summed E-state index contributed by atoms with van der Waals surface area (Å²) in [5, 5.41) is 16.7. The lowest BCUT2D eigenvalue weighted by atomic mass is 9.85. The molecule has 1 saturated carbocycles. The topological polar surface area (TPSA) is 99.8 Å². The Kier molecular flexibility index (Phi) is 5.54. The fourth-order valence-corrected chi connectivity index (χ4v) is 3.26. The molecule has 140 valence electrons. The average Bonchev–Trinajstić information content (AvgIpc) is 3.09. The van der Waals surface area contributed by atoms with Gasteiger partial charge in [-0.1, -0.05) is 13.8 Å². The number of hydrogen-bond donors (Lipinski definition) is 3. The van der Waals surface area contributed by atoms with Crippen LogP contribution in [0.3, 0.4) is 0 Å². The molecule has 1 atom stereocenters. The summed E-state index contributed by atoms with van der Waals surface area (Å²) in [5.41, 5.74) is 2.00. The molecule has 1 aromatic carbocycles. The summed E-state index contributed by atoms with van der Waals surface area (Å²) < 4.78 is 0. The van der Waals surface area contributed by atoms with Crippen LogP contribution in [0.5, 0.6) is 0 Å². The molecule has 7 nitrogen and oxygen atoms in total. The second-order valence-electron chi connectivity index (χ2n) is 7.59. The zero-order chi connectivity index (χ0) is 18.7. The Morgan fingerprint density at radius 1 is 1.08 bits per heavy atom. The van der Waals surface area contributed by atoms with E-state index >= 15 is 0 Å². The van der Waals surface area contributed by atoms with Crippen LogP contribution >= 0.6 is 0 Å². The van der Waals surface area contributed by atoms with Crippen molar-refractivity contribution in [3.05, 3.63) is 23.8 Å². The Morgan fingerprint density at radius 3 is 2.46 bits per heavy atom. The fraction of sp³-hybridized carbons (Fsp3) is 0.579. The average molecular weight is 357 g/mol. The highest BCUT2D eigenvalue weighted by molar-refractivity contribution is 5.97. The van der Waals surface area contributed by atoms with Crippen molar-refractivity contribution in [3.8, 4) is 0 Å². The molecule has 1 fully saturated rings. The van der Waals surface area contributed by atoms with Crippen LogP contribution in [0, 0.1) is 11.8 Å². The van der Waals surface area contributed by atoms with Gasteiger partial charge in [0.05, 0.1) is 0 Å². The zero-order valence-electron chi connectivity index (χ0n) is 15.6. The van der Waals surface area contributed by atoms with Gasteiger partial charge >= 0.3 is 0 Å². The standard InChI is InChI=1S/C19H27N5O2/c1-11(2)12(3)20-18(25)13-4-7-15(8-5-13)21-19(26)14-6-9-16-17(10-14)23-24-22-16/h6,9-13,15H,4-5,7-8H2,1-3H3,(H,20,25)(H,21,26)(H,22,23,24). The van der Waals surface area contributed by atoms with Gasteiger partial charge in [-0.3, -0.25) is 9.59 Å². The van der Waals surface area contributed by atoms with E-state index in [4.69, 9.17) is 0 Å². The van der Waals surface area contributed by atoms with Crippen molar-refractivity contribution >= 4 is 22.8 Å². The third-order valence-electron chi connectivity index (χ3n) is 5.38. The lowest BCUT2D eigenvalue weighted by Crippen LogP contribution is -2.43. The third kappa shape index (κ3) is 4.20. The summed E-state index contributed by atoms with van der Waals surface area (Å²) in [6.07, 6.45) is 3.27. The Morgan fingerprint density at radius 2 is 1.77 bits per heavy atom. The van der Waals surface area contributed by atoms with Gasteiger partial charge in [0.1, 0.15) is 11.0 Å². The van der Waals surface area contributed by atoms with Crippen molar-refractivity contribution in [1.82, 2.24) is 26.0 Å². The fourth-order valence-electron chi connectivity index (χ4n) is 3.26. The quantitative estimate of drug-likeness (QED) is 0.765. The van der Waals surface area contributed by atoms with Gasteiger partial charge in [0.2, 0.25) is 5.91 Å². The highest BCUT2D eigenvalue weighted by atomic mass is 16.2. The smallest absolute Gasteiger partial charge is 0.251 e. The third-order valence-corrected chi connectivity index (χ3v) is 5.38. The Bertz CT molecular complexity index is 777. The van der Waals surface area contributed by atoms with E-state index in [2.05, 4.69) is 39.9 Å². The number of nitrogens with zero attached hydrogens (tertiary/aromatic N) is 2. The largest absolute Gasteiger partial charge is 0.353 e. The molecule has 2 amide bonds. The van der Waals surface area contributed by atoms with Gasteiger partial charge in [-0.25, -0.2) is 0 Å². The number of aromatic nitrogens is 3. The first kappa shape index (κ1) is 18.4. The van der Waals surface area contributed by atoms with E-state index in [1.54, 1.807) is 18.2 Å². The number of carbonyl (C=O) groups excluding carboxylic acids is 2. The Labute approximate surface area is 153 Å². The number of rotatable bonds is 5. The molecule has 0 radical (unpaired) electrons. The maximum Gasteiger partial charge on any atom is 0.251 e. The number of fused-ring (bicyclic) bond motifs is 1. The van der Waals surface area contributed by atoms with Gasteiger partial charge < -0.3 is 10.6 Å². The second-order valence-corrected chi connectivity index (χ2v) is 7.59. The van der Waals surface area contributed by atoms with Crippen molar-refractivity contribution in [3.63, 3.8) is 0 Å². The number of hydrogen-bond acceptors (Lipinski definition) is 4. The summed E-state index contributed by atoms with van der Waals surface area (Å²) >= 11 is 0. The van der Waals surface area contributed by atoms with Crippen molar-refractivity contribution in [1.29, 1.82) is 0 Å². The number of aromatic amines is 1. The van der Waals surface area contributed by atoms with Gasteiger partial charge in [-0.15, -0.1) is 0 Å². The molecule has 1 unspecified atom stereocenters. The summed E-state index contributed by atoms with van der Waals surface area (Å²) in [4.78, 5) is 24.8. The second kappa shape index (κ2) is 7.85. The van der Waals surface area contributed by atoms with E-state index in [1.165, 1.54) is 0 Å². The summed E-state index contributed by atoms with van der Waals surface area (Å²) in [7, 11) is 0. The maximum absolute atomic E-state index is 12.5. The first-order valence-corrected chi connectivity index (χ1v) is 9.36. The molecule has 1 aromatic heterocycles. The first-order valence-electron chi connectivity index (χ1n) is 9.36. The van der Waals surface area contributed by atoms with Crippen LogP contribution in [-0.2, 0) is 4.79 Å². The number of amides is 2. The lowest BCUT2D eigenvalue weighted by Gasteiger charge is -2.29. The molecule has 2 aromatic rings. The number of nitrogens with one attached hydrogen (secondary N) is 3. The van der Waals surface area contributed by atoms with Crippen LogP contribution in [-0.4, -0.2) is 39.3 Å². The van der Waals surface area contributed by atoms with Crippen LogP contribution < -0.4 is 10.6 Å². The molecule has 1 aliphatic carbocycles. The SMILES string of the molecule is CC(C)C(C)NC(=O)C1CCC(NC(=O)c2ccc3n[nH]nc3c2)CC1. The van der Waals surface area contributed by atoms with E-state index in [1.807, 2.05) is 6.92 Å². The molecule has 0 aliphatic heterocycles. The van der Waals surface area contributed by atoms with E-state index in [9.17, 15) is 9.59 Å². The van der Waals surface area contributed by atoms with E-state index in [-0.39, 0.29) is 29.8 Å². The molecule has 26 heavy (non-hydrogen) atoms. The van der Waals surface area contributed by atoms with Gasteiger partial charge in [0.15, 0.2) is 0 Å².